The lowest BCUT2D eigenvalue weighted by Gasteiger charge is -2.00. The highest BCUT2D eigenvalue weighted by molar-refractivity contribution is 5.69. The van der Waals surface area contributed by atoms with Crippen molar-refractivity contribution >= 4 is 11.9 Å². The number of rotatable bonds is 9. The Balaban J connectivity index is 0. The molecule has 0 aliphatic heterocycles. The molecule has 0 saturated heterocycles. The van der Waals surface area contributed by atoms with E-state index in [4.69, 9.17) is 9.47 Å². The van der Waals surface area contributed by atoms with Gasteiger partial charge < -0.3 is 9.47 Å². The van der Waals surface area contributed by atoms with Gasteiger partial charge in [0.15, 0.2) is 0 Å². The Morgan fingerprint density at radius 3 is 1.58 bits per heavy atom. The quantitative estimate of drug-likeness (QED) is 0.599. The first-order valence-corrected chi connectivity index (χ1v) is 7.43. The molecule has 114 valence electrons. The van der Waals surface area contributed by atoms with Crippen LogP contribution in [0, 0.1) is 0 Å². The topological polar surface area (TPSA) is 52.6 Å². The lowest BCUT2D eigenvalue weighted by molar-refractivity contribution is -0.144. The molecule has 0 radical (unpaired) electrons. The zero-order valence-corrected chi connectivity index (χ0v) is 13.0. The molecule has 0 aromatic heterocycles. The zero-order valence-electron chi connectivity index (χ0n) is 13.0. The Morgan fingerprint density at radius 2 is 1.21 bits per heavy atom. The Bertz CT molecular complexity index is 204. The lowest BCUT2D eigenvalue weighted by Crippen LogP contribution is -2.04. The second-order valence-corrected chi connectivity index (χ2v) is 4.23. The minimum Gasteiger partial charge on any atom is -0.466 e. The lowest BCUT2D eigenvalue weighted by atomic mass is 10.2. The Morgan fingerprint density at radius 1 is 0.737 bits per heavy atom. The highest BCUT2D eigenvalue weighted by Crippen LogP contribution is 1.96. The van der Waals surface area contributed by atoms with E-state index in [0.29, 0.717) is 26.1 Å². The molecular formula is C15H30O4. The van der Waals surface area contributed by atoms with Gasteiger partial charge in [0, 0.05) is 12.8 Å². The van der Waals surface area contributed by atoms with Gasteiger partial charge in [-0.1, -0.05) is 33.6 Å². The van der Waals surface area contributed by atoms with Gasteiger partial charge in [-0.3, -0.25) is 9.59 Å². The van der Waals surface area contributed by atoms with Gasteiger partial charge in [0.1, 0.15) is 0 Å². The van der Waals surface area contributed by atoms with Gasteiger partial charge in [0.05, 0.1) is 13.2 Å². The monoisotopic (exact) mass is 274 g/mol. The van der Waals surface area contributed by atoms with Crippen molar-refractivity contribution in [2.45, 2.75) is 72.6 Å². The number of unbranched alkanes of at least 4 members (excludes halogenated alkanes) is 2. The van der Waals surface area contributed by atoms with Crippen molar-refractivity contribution in [1.29, 1.82) is 0 Å². The van der Waals surface area contributed by atoms with Crippen LogP contribution in [-0.2, 0) is 19.1 Å². The van der Waals surface area contributed by atoms with Crippen molar-refractivity contribution < 1.29 is 19.1 Å². The van der Waals surface area contributed by atoms with Crippen LogP contribution in [0.1, 0.15) is 72.6 Å². The molecule has 0 bridgehead atoms. The van der Waals surface area contributed by atoms with Crippen LogP contribution in [-0.4, -0.2) is 25.2 Å². The van der Waals surface area contributed by atoms with Crippen LogP contribution in [0.4, 0.5) is 0 Å². The molecule has 19 heavy (non-hydrogen) atoms. The molecule has 0 aromatic carbocycles. The Kier molecular flexibility index (Phi) is 18.1. The number of esters is 2. The van der Waals surface area contributed by atoms with E-state index in [2.05, 4.69) is 13.8 Å². The maximum absolute atomic E-state index is 10.7. The first-order valence-electron chi connectivity index (χ1n) is 7.43. The summed E-state index contributed by atoms with van der Waals surface area (Å²) in [5.41, 5.74) is 0. The van der Waals surface area contributed by atoms with Crippen LogP contribution in [0.15, 0.2) is 0 Å². The first kappa shape index (κ1) is 20.3. The molecule has 4 heteroatoms. The second-order valence-electron chi connectivity index (χ2n) is 4.23. The summed E-state index contributed by atoms with van der Waals surface area (Å²) in [5.74, 6) is -0.122. The summed E-state index contributed by atoms with van der Waals surface area (Å²) < 4.78 is 9.56. The molecule has 0 rings (SSSR count). The summed E-state index contributed by atoms with van der Waals surface area (Å²) in [4.78, 5) is 21.3. The molecule has 0 saturated carbocycles. The van der Waals surface area contributed by atoms with Gasteiger partial charge in [0.2, 0.25) is 0 Å². The summed E-state index contributed by atoms with van der Waals surface area (Å²) in [6.45, 7) is 9.01. The third kappa shape index (κ3) is 19.5. The smallest absolute Gasteiger partial charge is 0.305 e. The molecule has 0 fully saturated rings. The number of hydrogen-bond donors (Lipinski definition) is 0. The van der Waals surface area contributed by atoms with Crippen molar-refractivity contribution in [2.24, 2.45) is 0 Å². The Labute approximate surface area is 117 Å². The number of hydrogen-bond acceptors (Lipinski definition) is 4. The Hall–Kier alpha value is -1.06. The predicted molar refractivity (Wildman–Crippen MR) is 76.9 cm³/mol. The van der Waals surface area contributed by atoms with Gasteiger partial charge >= 0.3 is 11.9 Å². The van der Waals surface area contributed by atoms with Gasteiger partial charge in [-0.15, -0.1) is 0 Å². The summed E-state index contributed by atoms with van der Waals surface area (Å²) in [6, 6.07) is 0. The fourth-order valence-electron chi connectivity index (χ4n) is 1.16. The highest BCUT2D eigenvalue weighted by atomic mass is 16.5. The molecule has 0 amide bonds. The molecule has 4 nitrogen and oxygen atoms in total. The third-order valence-corrected chi connectivity index (χ3v) is 2.24. The van der Waals surface area contributed by atoms with Crippen molar-refractivity contribution in [3.8, 4) is 0 Å². The molecule has 0 unspecified atom stereocenters. The van der Waals surface area contributed by atoms with E-state index >= 15 is 0 Å². The van der Waals surface area contributed by atoms with E-state index in [0.717, 1.165) is 32.1 Å². The van der Waals surface area contributed by atoms with E-state index in [-0.39, 0.29) is 11.9 Å². The molecule has 0 heterocycles. The van der Waals surface area contributed by atoms with Gasteiger partial charge in [-0.2, -0.15) is 0 Å². The van der Waals surface area contributed by atoms with Gasteiger partial charge in [-0.25, -0.2) is 0 Å². The van der Waals surface area contributed by atoms with Crippen molar-refractivity contribution in [3.05, 3.63) is 0 Å². The van der Waals surface area contributed by atoms with Crippen molar-refractivity contribution in [1.82, 2.24) is 0 Å². The standard InChI is InChI=1S/C8H16O2.C7H14O2/c1-3-5-6-8(9)10-7-4-2;1-3-5-6-7(8)9-4-2/h3-7H2,1-2H3;3-6H2,1-2H3. The van der Waals surface area contributed by atoms with Crippen LogP contribution in [0.2, 0.25) is 0 Å². The van der Waals surface area contributed by atoms with Crippen LogP contribution in [0.3, 0.4) is 0 Å². The fourth-order valence-corrected chi connectivity index (χ4v) is 1.16. The number of carbonyl (C=O) groups is 2. The zero-order chi connectivity index (χ0) is 14.9. The maximum Gasteiger partial charge on any atom is 0.305 e. The van der Waals surface area contributed by atoms with E-state index in [1.807, 2.05) is 13.8 Å². The van der Waals surface area contributed by atoms with E-state index in [9.17, 15) is 9.59 Å². The van der Waals surface area contributed by atoms with Crippen LogP contribution >= 0.6 is 0 Å². The van der Waals surface area contributed by atoms with Crippen LogP contribution in [0.25, 0.3) is 0 Å². The normalized spacial score (nSPS) is 9.26. The third-order valence-electron chi connectivity index (χ3n) is 2.24. The molecule has 0 atom stereocenters. The molecule has 0 spiro atoms. The molecule has 0 N–H and O–H groups in total. The largest absolute Gasteiger partial charge is 0.466 e. The minimum absolute atomic E-state index is 0.0521. The van der Waals surface area contributed by atoms with Gasteiger partial charge in [0.25, 0.3) is 0 Å². The summed E-state index contributed by atoms with van der Waals surface area (Å²) >= 11 is 0. The first-order chi connectivity index (χ1) is 9.12. The van der Waals surface area contributed by atoms with E-state index in [1.165, 1.54) is 0 Å². The molecular weight excluding hydrogens is 244 g/mol. The molecule has 0 aromatic rings. The SMILES string of the molecule is CCCCC(=O)OCC.CCCCC(=O)OCCC. The van der Waals surface area contributed by atoms with Crippen LogP contribution in [0.5, 0.6) is 0 Å². The predicted octanol–water partition coefficient (Wildman–Crippen LogP) is 3.87. The fraction of sp³-hybridized carbons (Fsp3) is 0.867. The summed E-state index contributed by atoms with van der Waals surface area (Å²) in [5, 5.41) is 0. The summed E-state index contributed by atoms with van der Waals surface area (Å²) in [6.07, 6.45) is 6.07. The number of carbonyl (C=O) groups excluding carboxylic acids is 2. The number of ether oxygens (including phenoxy) is 2. The minimum atomic E-state index is -0.0700. The van der Waals surface area contributed by atoms with Crippen molar-refractivity contribution in [2.75, 3.05) is 13.2 Å². The average molecular weight is 274 g/mol. The van der Waals surface area contributed by atoms with E-state index in [1.54, 1.807) is 0 Å². The van der Waals surface area contributed by atoms with E-state index < -0.39 is 0 Å². The van der Waals surface area contributed by atoms with Crippen molar-refractivity contribution in [3.63, 3.8) is 0 Å². The molecule has 0 aliphatic rings. The average Bonchev–Trinajstić information content (AvgIpc) is 2.41. The second kappa shape index (κ2) is 16.9. The summed E-state index contributed by atoms with van der Waals surface area (Å²) in [7, 11) is 0. The molecule has 0 aliphatic carbocycles. The maximum atomic E-state index is 10.7. The van der Waals surface area contributed by atoms with Gasteiger partial charge in [-0.05, 0) is 26.2 Å². The van der Waals surface area contributed by atoms with Crippen LogP contribution < -0.4 is 0 Å². The highest BCUT2D eigenvalue weighted by Gasteiger charge is 1.99.